The highest BCUT2D eigenvalue weighted by molar-refractivity contribution is 5.00. The Morgan fingerprint density at radius 2 is 2.00 bits per heavy atom. The summed E-state index contributed by atoms with van der Waals surface area (Å²) in [6.07, 6.45) is 6.59. The van der Waals surface area contributed by atoms with Gasteiger partial charge in [0.25, 0.3) is 0 Å². The summed E-state index contributed by atoms with van der Waals surface area (Å²) in [5.74, 6) is 1.45. The van der Waals surface area contributed by atoms with Crippen molar-refractivity contribution in [3.05, 3.63) is 0 Å². The van der Waals surface area contributed by atoms with E-state index in [-0.39, 0.29) is 12.1 Å². The fourth-order valence-electron chi connectivity index (χ4n) is 2.73. The lowest BCUT2D eigenvalue weighted by Crippen LogP contribution is -2.55. The van der Waals surface area contributed by atoms with Gasteiger partial charge in [0.15, 0.2) is 0 Å². The first-order valence-corrected chi connectivity index (χ1v) is 6.80. The number of hydrogen-bond acceptors (Lipinski definition) is 3. The van der Waals surface area contributed by atoms with E-state index in [0.717, 1.165) is 19.0 Å². The van der Waals surface area contributed by atoms with Gasteiger partial charge in [-0.1, -0.05) is 13.3 Å². The van der Waals surface area contributed by atoms with Crippen molar-refractivity contribution in [3.63, 3.8) is 0 Å². The molecule has 0 aromatic rings. The Balaban J connectivity index is 1.83. The summed E-state index contributed by atoms with van der Waals surface area (Å²) >= 11 is 0. The Hall–Kier alpha value is -0.120. The van der Waals surface area contributed by atoms with Crippen LogP contribution in [-0.2, 0) is 0 Å². The minimum absolute atomic E-state index is 0.138. The average molecular weight is 226 g/mol. The van der Waals surface area contributed by atoms with Gasteiger partial charge in [-0.2, -0.15) is 0 Å². The molecule has 0 aliphatic heterocycles. The molecule has 1 atom stereocenters. The van der Waals surface area contributed by atoms with Crippen LogP contribution in [0.2, 0.25) is 0 Å². The second-order valence-corrected chi connectivity index (χ2v) is 5.79. The Bertz CT molecular complexity index is 226. The van der Waals surface area contributed by atoms with Crippen molar-refractivity contribution in [1.29, 1.82) is 0 Å². The molecule has 16 heavy (non-hydrogen) atoms. The maximum Gasteiger partial charge on any atom is 0.0626 e. The lowest BCUT2D eigenvalue weighted by molar-refractivity contribution is 0.101. The fourth-order valence-corrected chi connectivity index (χ4v) is 2.73. The molecule has 2 rings (SSSR count). The van der Waals surface area contributed by atoms with Gasteiger partial charge in [-0.15, -0.1) is 0 Å². The number of rotatable bonds is 7. The molecule has 3 N–H and O–H groups in total. The van der Waals surface area contributed by atoms with Crippen molar-refractivity contribution >= 4 is 0 Å². The zero-order valence-corrected chi connectivity index (χ0v) is 10.5. The third kappa shape index (κ3) is 2.76. The normalized spacial score (nSPS) is 25.5. The molecule has 94 valence electrons. The average Bonchev–Trinajstić information content (AvgIpc) is 3.05. The molecular weight excluding hydrogens is 200 g/mol. The second kappa shape index (κ2) is 5.03. The number of aliphatic hydroxyl groups excluding tert-OH is 1. The number of aliphatic hydroxyl groups is 1. The Morgan fingerprint density at radius 3 is 2.38 bits per heavy atom. The minimum Gasteiger partial charge on any atom is -0.394 e. The largest absolute Gasteiger partial charge is 0.394 e. The summed E-state index contributed by atoms with van der Waals surface area (Å²) in [6, 6.07) is 0. The number of nitrogens with zero attached hydrogens (tertiary/aromatic N) is 1. The van der Waals surface area contributed by atoms with Gasteiger partial charge < -0.3 is 15.7 Å². The van der Waals surface area contributed by atoms with Crippen molar-refractivity contribution < 1.29 is 5.11 Å². The quantitative estimate of drug-likeness (QED) is 0.686. The van der Waals surface area contributed by atoms with E-state index < -0.39 is 0 Å². The van der Waals surface area contributed by atoms with E-state index in [9.17, 15) is 5.11 Å². The predicted molar refractivity (Wildman–Crippen MR) is 66.2 cm³/mol. The molecule has 0 heterocycles. The van der Waals surface area contributed by atoms with E-state index in [0.29, 0.717) is 5.92 Å². The smallest absolute Gasteiger partial charge is 0.0626 e. The van der Waals surface area contributed by atoms with Gasteiger partial charge in [0, 0.05) is 13.1 Å². The van der Waals surface area contributed by atoms with E-state index in [1.54, 1.807) is 0 Å². The molecule has 3 heteroatoms. The van der Waals surface area contributed by atoms with Gasteiger partial charge in [-0.05, 0) is 44.1 Å². The van der Waals surface area contributed by atoms with Gasteiger partial charge in [-0.25, -0.2) is 0 Å². The Labute approximate surface area is 99.0 Å². The predicted octanol–water partition coefficient (Wildman–Crippen LogP) is 1.21. The molecular formula is C13H26N2O. The summed E-state index contributed by atoms with van der Waals surface area (Å²) in [5, 5.41) is 9.49. The standard InChI is InChI=1S/C13H26N2O/c1-2-15(8-11-4-3-5-11)9-13(14,10-16)12-6-7-12/h11-12,16H,2-10,14H2,1H3. The van der Waals surface area contributed by atoms with Crippen molar-refractivity contribution in [2.45, 2.75) is 44.6 Å². The van der Waals surface area contributed by atoms with Crippen LogP contribution in [0.1, 0.15) is 39.0 Å². The van der Waals surface area contributed by atoms with E-state index in [1.165, 1.54) is 38.6 Å². The maximum atomic E-state index is 9.49. The maximum absolute atomic E-state index is 9.49. The van der Waals surface area contributed by atoms with Crippen LogP contribution in [0.15, 0.2) is 0 Å². The van der Waals surface area contributed by atoms with Crippen molar-refractivity contribution in [2.24, 2.45) is 17.6 Å². The van der Waals surface area contributed by atoms with Crippen molar-refractivity contribution in [1.82, 2.24) is 4.90 Å². The SMILES string of the molecule is CCN(CC1CCC1)CC(N)(CO)C1CC1. The van der Waals surface area contributed by atoms with Crippen LogP contribution in [0.4, 0.5) is 0 Å². The van der Waals surface area contributed by atoms with E-state index in [4.69, 9.17) is 5.73 Å². The summed E-state index contributed by atoms with van der Waals surface area (Å²) in [5.41, 5.74) is 5.99. The number of likely N-dealkylation sites (N-methyl/N-ethyl adjacent to an activating group) is 1. The number of nitrogens with two attached hydrogens (primary N) is 1. The van der Waals surface area contributed by atoms with Crippen LogP contribution in [0.25, 0.3) is 0 Å². The Morgan fingerprint density at radius 1 is 1.31 bits per heavy atom. The van der Waals surface area contributed by atoms with Crippen LogP contribution in [0, 0.1) is 11.8 Å². The second-order valence-electron chi connectivity index (χ2n) is 5.79. The zero-order chi connectivity index (χ0) is 11.6. The molecule has 0 saturated heterocycles. The van der Waals surface area contributed by atoms with Gasteiger partial charge in [0.2, 0.25) is 0 Å². The van der Waals surface area contributed by atoms with Gasteiger partial charge >= 0.3 is 0 Å². The first-order chi connectivity index (χ1) is 7.68. The van der Waals surface area contributed by atoms with Crippen molar-refractivity contribution in [3.8, 4) is 0 Å². The van der Waals surface area contributed by atoms with Gasteiger partial charge in [0.05, 0.1) is 12.1 Å². The minimum atomic E-state index is -0.334. The van der Waals surface area contributed by atoms with Crippen LogP contribution in [0.3, 0.4) is 0 Å². The monoisotopic (exact) mass is 226 g/mol. The van der Waals surface area contributed by atoms with Gasteiger partial charge in [0.1, 0.15) is 0 Å². The molecule has 2 saturated carbocycles. The third-order valence-electron chi connectivity index (χ3n) is 4.39. The van der Waals surface area contributed by atoms with E-state index in [2.05, 4.69) is 11.8 Å². The molecule has 0 aromatic heterocycles. The van der Waals surface area contributed by atoms with Crippen molar-refractivity contribution in [2.75, 3.05) is 26.2 Å². The molecule has 3 nitrogen and oxygen atoms in total. The molecule has 0 radical (unpaired) electrons. The lowest BCUT2D eigenvalue weighted by atomic mass is 9.84. The molecule has 2 aliphatic rings. The first kappa shape index (κ1) is 12.3. The fraction of sp³-hybridized carbons (Fsp3) is 1.00. The summed E-state index contributed by atoms with van der Waals surface area (Å²) in [7, 11) is 0. The molecule has 0 bridgehead atoms. The van der Waals surface area contributed by atoms with Crippen LogP contribution >= 0.6 is 0 Å². The first-order valence-electron chi connectivity index (χ1n) is 6.80. The third-order valence-corrected chi connectivity index (χ3v) is 4.39. The lowest BCUT2D eigenvalue weighted by Gasteiger charge is -2.37. The molecule has 0 spiro atoms. The van der Waals surface area contributed by atoms with Crippen LogP contribution in [0.5, 0.6) is 0 Å². The van der Waals surface area contributed by atoms with E-state index >= 15 is 0 Å². The highest BCUT2D eigenvalue weighted by Gasteiger charge is 2.42. The van der Waals surface area contributed by atoms with E-state index in [1.807, 2.05) is 0 Å². The molecule has 0 amide bonds. The van der Waals surface area contributed by atoms with Crippen LogP contribution in [-0.4, -0.2) is 41.8 Å². The highest BCUT2D eigenvalue weighted by Crippen LogP contribution is 2.38. The number of hydrogen-bond donors (Lipinski definition) is 2. The zero-order valence-electron chi connectivity index (χ0n) is 10.5. The Kier molecular flexibility index (Phi) is 3.88. The molecule has 0 aromatic carbocycles. The molecule has 2 aliphatic carbocycles. The summed E-state index contributed by atoms with van der Waals surface area (Å²) in [6.45, 7) is 5.45. The summed E-state index contributed by atoms with van der Waals surface area (Å²) < 4.78 is 0. The summed E-state index contributed by atoms with van der Waals surface area (Å²) in [4.78, 5) is 2.44. The van der Waals surface area contributed by atoms with Gasteiger partial charge in [-0.3, -0.25) is 0 Å². The molecule has 2 fully saturated rings. The highest BCUT2D eigenvalue weighted by atomic mass is 16.3. The van der Waals surface area contributed by atoms with Crippen LogP contribution < -0.4 is 5.73 Å². The topological polar surface area (TPSA) is 49.5 Å². The molecule has 1 unspecified atom stereocenters.